The summed E-state index contributed by atoms with van der Waals surface area (Å²) >= 11 is 9.27. The molecule has 0 bridgehead atoms. The summed E-state index contributed by atoms with van der Waals surface area (Å²) in [6, 6.07) is 3.06. The molecule has 1 aromatic carbocycles. The number of nitrogens with two attached hydrogens (primary N) is 1. The first-order chi connectivity index (χ1) is 9.87. The molecule has 0 saturated carbocycles. The molecule has 1 fully saturated rings. The molecule has 118 valence electrons. The van der Waals surface area contributed by atoms with Crippen molar-refractivity contribution in [3.63, 3.8) is 0 Å². The summed E-state index contributed by atoms with van der Waals surface area (Å²) in [4.78, 5) is 0.160. The van der Waals surface area contributed by atoms with Crippen LogP contribution in [0.15, 0.2) is 21.5 Å². The molecule has 0 spiro atoms. The average Bonchev–Trinajstić information content (AvgIpc) is 2.68. The van der Waals surface area contributed by atoms with Gasteiger partial charge in [0.25, 0.3) is 0 Å². The fourth-order valence-corrected chi connectivity index (χ4v) is 5.80. The molecule has 1 atom stereocenters. The SMILES string of the molecule is CCC1CCCCCN1S(=O)(=O)c1cc(Cl)cc(N)c1Br. The lowest BCUT2D eigenvalue weighted by molar-refractivity contribution is 0.315. The van der Waals surface area contributed by atoms with Gasteiger partial charge in [-0.2, -0.15) is 4.31 Å². The largest absolute Gasteiger partial charge is 0.398 e. The number of hydrogen-bond donors (Lipinski definition) is 1. The molecule has 4 nitrogen and oxygen atoms in total. The van der Waals surface area contributed by atoms with Gasteiger partial charge in [0, 0.05) is 23.3 Å². The summed E-state index contributed by atoms with van der Waals surface area (Å²) in [5.74, 6) is 0. The maximum Gasteiger partial charge on any atom is 0.244 e. The Bertz CT molecular complexity index is 622. The first-order valence-corrected chi connectivity index (χ1v) is 9.75. The molecule has 1 saturated heterocycles. The van der Waals surface area contributed by atoms with Crippen LogP contribution in [0.4, 0.5) is 5.69 Å². The van der Waals surface area contributed by atoms with E-state index in [4.69, 9.17) is 17.3 Å². The van der Waals surface area contributed by atoms with Gasteiger partial charge in [-0.3, -0.25) is 0 Å². The smallest absolute Gasteiger partial charge is 0.244 e. The number of anilines is 1. The Balaban J connectivity index is 2.50. The summed E-state index contributed by atoms with van der Waals surface area (Å²) in [6.45, 7) is 2.58. The number of rotatable bonds is 3. The van der Waals surface area contributed by atoms with E-state index in [-0.39, 0.29) is 10.9 Å². The fourth-order valence-electron chi connectivity index (χ4n) is 2.77. The maximum atomic E-state index is 13.0. The van der Waals surface area contributed by atoms with Crippen LogP contribution in [0.2, 0.25) is 5.02 Å². The van der Waals surface area contributed by atoms with Gasteiger partial charge in [0.1, 0.15) is 0 Å². The molecule has 0 aromatic heterocycles. The minimum Gasteiger partial charge on any atom is -0.398 e. The van der Waals surface area contributed by atoms with Crippen LogP contribution in [0, 0.1) is 0 Å². The Hall–Kier alpha value is -0.300. The molecule has 1 aliphatic heterocycles. The molecule has 7 heteroatoms. The normalized spacial score (nSPS) is 21.2. The van der Waals surface area contributed by atoms with Crippen molar-refractivity contribution < 1.29 is 8.42 Å². The number of halogens is 2. The van der Waals surface area contributed by atoms with Gasteiger partial charge in [-0.1, -0.05) is 31.4 Å². The van der Waals surface area contributed by atoms with Gasteiger partial charge in [-0.15, -0.1) is 0 Å². The first-order valence-electron chi connectivity index (χ1n) is 7.14. The topological polar surface area (TPSA) is 63.4 Å². The molecule has 1 aromatic rings. The lowest BCUT2D eigenvalue weighted by Crippen LogP contribution is -2.39. The van der Waals surface area contributed by atoms with Crippen molar-refractivity contribution in [3.8, 4) is 0 Å². The number of nitrogens with zero attached hydrogens (tertiary/aromatic N) is 1. The Morgan fingerprint density at radius 2 is 2.10 bits per heavy atom. The number of benzene rings is 1. The summed E-state index contributed by atoms with van der Waals surface area (Å²) in [5.41, 5.74) is 6.17. The van der Waals surface area contributed by atoms with Crippen LogP contribution in [0.3, 0.4) is 0 Å². The van der Waals surface area contributed by atoms with Crippen molar-refractivity contribution in [2.24, 2.45) is 0 Å². The van der Waals surface area contributed by atoms with Crippen LogP contribution in [-0.2, 0) is 10.0 Å². The van der Waals surface area contributed by atoms with Crippen molar-refractivity contribution >= 4 is 43.2 Å². The molecular formula is C14H20BrClN2O2S. The highest BCUT2D eigenvalue weighted by molar-refractivity contribution is 9.10. The lowest BCUT2D eigenvalue weighted by atomic mass is 10.1. The highest BCUT2D eigenvalue weighted by atomic mass is 79.9. The van der Waals surface area contributed by atoms with Crippen molar-refractivity contribution in [2.45, 2.75) is 50.0 Å². The van der Waals surface area contributed by atoms with E-state index in [0.717, 1.165) is 32.1 Å². The van der Waals surface area contributed by atoms with Gasteiger partial charge in [-0.05, 0) is 47.3 Å². The van der Waals surface area contributed by atoms with Gasteiger partial charge >= 0.3 is 0 Å². The molecule has 0 radical (unpaired) electrons. The molecule has 1 unspecified atom stereocenters. The van der Waals surface area contributed by atoms with E-state index in [1.807, 2.05) is 6.92 Å². The second kappa shape index (κ2) is 6.86. The summed E-state index contributed by atoms with van der Waals surface area (Å²) in [6.07, 6.45) is 4.75. The zero-order valence-corrected chi connectivity index (χ0v) is 15.1. The molecule has 2 N–H and O–H groups in total. The quantitative estimate of drug-likeness (QED) is 0.786. The van der Waals surface area contributed by atoms with Gasteiger partial charge in [0.15, 0.2) is 0 Å². The van der Waals surface area contributed by atoms with Gasteiger partial charge in [-0.25, -0.2) is 8.42 Å². The zero-order chi connectivity index (χ0) is 15.6. The van der Waals surface area contributed by atoms with Gasteiger partial charge in [0.2, 0.25) is 10.0 Å². The number of nitrogen functional groups attached to an aromatic ring is 1. The van der Waals surface area contributed by atoms with Crippen LogP contribution in [0.25, 0.3) is 0 Å². The van der Waals surface area contributed by atoms with E-state index in [1.54, 1.807) is 10.4 Å². The van der Waals surface area contributed by atoms with Gasteiger partial charge in [0.05, 0.1) is 9.37 Å². The highest BCUT2D eigenvalue weighted by Gasteiger charge is 2.33. The molecule has 0 aliphatic carbocycles. The molecule has 1 heterocycles. The third-order valence-electron chi connectivity index (χ3n) is 3.91. The van der Waals surface area contributed by atoms with E-state index in [2.05, 4.69) is 15.9 Å². The molecule has 2 rings (SSSR count). The van der Waals surface area contributed by atoms with E-state index in [9.17, 15) is 8.42 Å². The summed E-state index contributed by atoms with van der Waals surface area (Å²) in [7, 11) is -3.60. The van der Waals surface area contributed by atoms with Crippen molar-refractivity contribution in [1.82, 2.24) is 4.31 Å². The monoisotopic (exact) mass is 394 g/mol. The van der Waals surface area contributed by atoms with Crippen LogP contribution in [-0.4, -0.2) is 25.3 Å². The zero-order valence-electron chi connectivity index (χ0n) is 12.0. The van der Waals surface area contributed by atoms with E-state index >= 15 is 0 Å². The average molecular weight is 396 g/mol. The van der Waals surface area contributed by atoms with E-state index in [0.29, 0.717) is 21.7 Å². The standard InChI is InChI=1S/C14H20BrClN2O2S/c1-2-11-6-4-3-5-7-18(11)21(19,20)13-9-10(16)8-12(17)14(13)15/h8-9,11H,2-7,17H2,1H3. The Labute approximate surface area is 139 Å². The highest BCUT2D eigenvalue weighted by Crippen LogP contribution is 2.35. The second-order valence-corrected chi connectivity index (χ2v) is 8.42. The van der Waals surface area contributed by atoms with E-state index in [1.165, 1.54) is 6.07 Å². The molecule has 1 aliphatic rings. The number of hydrogen-bond acceptors (Lipinski definition) is 3. The van der Waals surface area contributed by atoms with Crippen molar-refractivity contribution in [3.05, 3.63) is 21.6 Å². The summed E-state index contributed by atoms with van der Waals surface area (Å²) in [5, 5.41) is 0.331. The second-order valence-electron chi connectivity index (χ2n) is 5.33. The van der Waals surface area contributed by atoms with Crippen molar-refractivity contribution in [1.29, 1.82) is 0 Å². The van der Waals surface area contributed by atoms with Crippen LogP contribution < -0.4 is 5.73 Å². The predicted octanol–water partition coefficient (Wildman–Crippen LogP) is 4.03. The Kier molecular flexibility index (Phi) is 5.57. The summed E-state index contributed by atoms with van der Waals surface area (Å²) < 4.78 is 28.0. The van der Waals surface area contributed by atoms with Crippen LogP contribution in [0.1, 0.15) is 39.0 Å². The molecular weight excluding hydrogens is 376 g/mol. The predicted molar refractivity (Wildman–Crippen MR) is 90.0 cm³/mol. The molecule has 21 heavy (non-hydrogen) atoms. The van der Waals surface area contributed by atoms with E-state index < -0.39 is 10.0 Å². The van der Waals surface area contributed by atoms with Gasteiger partial charge < -0.3 is 5.73 Å². The minimum absolute atomic E-state index is 0.0459. The first kappa shape index (κ1) is 17.1. The maximum absolute atomic E-state index is 13.0. The van der Waals surface area contributed by atoms with Crippen LogP contribution in [0.5, 0.6) is 0 Å². The molecule has 0 amide bonds. The minimum atomic E-state index is -3.60. The van der Waals surface area contributed by atoms with Crippen LogP contribution >= 0.6 is 27.5 Å². The Morgan fingerprint density at radius 1 is 1.38 bits per heavy atom. The lowest BCUT2D eigenvalue weighted by Gasteiger charge is -2.29. The number of sulfonamides is 1. The Morgan fingerprint density at radius 3 is 2.76 bits per heavy atom. The third-order valence-corrected chi connectivity index (χ3v) is 7.25. The van der Waals surface area contributed by atoms with Crippen molar-refractivity contribution in [2.75, 3.05) is 12.3 Å². The third kappa shape index (κ3) is 3.55. The fraction of sp³-hybridized carbons (Fsp3) is 0.571.